The van der Waals surface area contributed by atoms with Crippen molar-refractivity contribution >= 4 is 46.6 Å². The molecule has 212 valence electrons. The Labute approximate surface area is 230 Å². The number of carbonyl (C=O) groups excluding carboxylic acids is 3. The van der Waals surface area contributed by atoms with E-state index in [4.69, 9.17) is 4.74 Å². The van der Waals surface area contributed by atoms with Gasteiger partial charge in [-0.1, -0.05) is 6.92 Å². The van der Waals surface area contributed by atoms with Crippen molar-refractivity contribution in [3.8, 4) is 0 Å². The molecule has 0 spiro atoms. The van der Waals surface area contributed by atoms with Crippen LogP contribution in [0.4, 0.5) is 5.69 Å². The van der Waals surface area contributed by atoms with E-state index in [1.54, 1.807) is 0 Å². The van der Waals surface area contributed by atoms with Crippen LogP contribution in [0.15, 0.2) is 34.9 Å². The molecule has 2 fully saturated rings. The van der Waals surface area contributed by atoms with E-state index in [0.717, 1.165) is 12.1 Å². The number of hydrogen-bond acceptors (Lipinski definition) is 12. The topological polar surface area (TPSA) is 194 Å². The van der Waals surface area contributed by atoms with Crippen molar-refractivity contribution in [1.29, 1.82) is 0 Å². The highest BCUT2D eigenvalue weighted by molar-refractivity contribution is 8.03. The van der Waals surface area contributed by atoms with Crippen molar-refractivity contribution in [2.24, 2.45) is 11.8 Å². The van der Waals surface area contributed by atoms with Gasteiger partial charge in [-0.3, -0.25) is 19.1 Å². The highest BCUT2D eigenvalue weighted by Gasteiger charge is 2.60. The Morgan fingerprint density at radius 2 is 1.97 bits per heavy atom. The van der Waals surface area contributed by atoms with Gasteiger partial charge in [-0.05, 0) is 32.5 Å². The van der Waals surface area contributed by atoms with Crippen LogP contribution >= 0.6 is 11.8 Å². The van der Waals surface area contributed by atoms with E-state index in [9.17, 15) is 38.4 Å². The number of esters is 2. The summed E-state index contributed by atoms with van der Waals surface area (Å²) in [7, 11) is 1.89. The maximum absolute atomic E-state index is 13.3. The van der Waals surface area contributed by atoms with Crippen LogP contribution in [0.25, 0.3) is 0 Å². The number of carbonyl (C=O) groups is 3. The molecule has 1 aromatic carbocycles. The SMILES string of the molecule is C[C@@H](O)[C@H]1C(=O)N2C(C(=O)OC(=O)c3ccc([N+](=O)[O-])cc3)=C(SC3C[C@@H](CNNS(=O)[O-])N(C)C3)[C@H](C)[C@H]12. The zero-order chi connectivity index (χ0) is 28.6. The molecule has 3 aliphatic heterocycles. The summed E-state index contributed by atoms with van der Waals surface area (Å²) in [6.07, 6.45) is -0.281. The number of benzene rings is 1. The number of hydrazine groups is 1. The predicted molar refractivity (Wildman–Crippen MR) is 138 cm³/mol. The van der Waals surface area contributed by atoms with Crippen LogP contribution in [0.1, 0.15) is 30.6 Å². The maximum atomic E-state index is 13.3. The van der Waals surface area contributed by atoms with Crippen LogP contribution in [0.3, 0.4) is 0 Å². The number of aliphatic hydroxyl groups excluding tert-OH is 1. The van der Waals surface area contributed by atoms with Gasteiger partial charge in [-0.25, -0.2) is 15.0 Å². The number of aliphatic hydroxyl groups is 1. The summed E-state index contributed by atoms with van der Waals surface area (Å²) in [6, 6.07) is 4.12. The summed E-state index contributed by atoms with van der Waals surface area (Å²) in [6.45, 7) is 4.34. The first-order valence-corrected chi connectivity index (χ1v) is 14.1. The van der Waals surface area contributed by atoms with Gasteiger partial charge < -0.3 is 24.2 Å². The normalized spacial score (nSPS) is 28.2. The van der Waals surface area contributed by atoms with E-state index in [2.05, 4.69) is 15.2 Å². The molecule has 0 aliphatic carbocycles. The van der Waals surface area contributed by atoms with Crippen LogP contribution in [0.5, 0.6) is 0 Å². The number of nitro groups is 1. The van der Waals surface area contributed by atoms with Gasteiger partial charge in [-0.15, -0.1) is 11.8 Å². The van der Waals surface area contributed by atoms with Crippen LogP contribution in [-0.2, 0) is 25.6 Å². The number of non-ortho nitro benzene ring substituents is 1. The second-order valence-electron chi connectivity index (χ2n) is 9.73. The molecule has 4 rings (SSSR count). The zero-order valence-electron chi connectivity index (χ0n) is 21.3. The van der Waals surface area contributed by atoms with Gasteiger partial charge >= 0.3 is 11.9 Å². The van der Waals surface area contributed by atoms with Crippen LogP contribution in [0, 0.1) is 22.0 Å². The lowest BCUT2D eigenvalue weighted by Crippen LogP contribution is -2.63. The first-order chi connectivity index (χ1) is 18.4. The lowest BCUT2D eigenvalue weighted by atomic mass is 9.79. The Balaban J connectivity index is 1.54. The zero-order valence-corrected chi connectivity index (χ0v) is 22.9. The molecule has 0 aromatic heterocycles. The third kappa shape index (κ3) is 5.91. The predicted octanol–water partition coefficient (Wildman–Crippen LogP) is 0.0415. The van der Waals surface area contributed by atoms with Crippen molar-refractivity contribution in [3.63, 3.8) is 0 Å². The van der Waals surface area contributed by atoms with E-state index < -0.39 is 52.1 Å². The first-order valence-electron chi connectivity index (χ1n) is 12.1. The molecule has 7 atom stereocenters. The van der Waals surface area contributed by atoms with Gasteiger partial charge in [-0.2, -0.15) is 4.83 Å². The van der Waals surface area contributed by atoms with E-state index in [-0.39, 0.29) is 34.2 Å². The summed E-state index contributed by atoms with van der Waals surface area (Å²) >= 11 is -1.04. The summed E-state index contributed by atoms with van der Waals surface area (Å²) in [5.41, 5.74) is 2.31. The molecule has 1 aromatic rings. The minimum atomic E-state index is -2.45. The van der Waals surface area contributed by atoms with Gasteiger partial charge in [0.2, 0.25) is 5.91 Å². The number of fused-ring (bicyclic) bond motifs is 1. The number of ether oxygens (including phenoxy) is 1. The standard InChI is InChI=1S/C23H29N5O9S2/c1-11-18-17(12(2)29)21(30)27(18)19(23(32)37-22(31)13-4-6-14(7-5-13)28(33)34)20(11)38-16-8-15(26(3)10-16)9-24-25-39(35)36/h4-7,11-12,15-18,24-25,29H,8-10H2,1-3H3,(H,35,36)/p-1/t11-,12-,15+,16?,17-,18-/m1/s1. The smallest absolute Gasteiger partial charge is 0.363 e. The third-order valence-corrected chi connectivity index (χ3v) is 9.04. The van der Waals surface area contributed by atoms with Crippen molar-refractivity contribution in [3.05, 3.63) is 50.5 Å². The van der Waals surface area contributed by atoms with Crippen LogP contribution < -0.4 is 10.3 Å². The second kappa shape index (κ2) is 11.8. The number of thioether (sulfide) groups is 1. The molecule has 0 radical (unpaired) electrons. The number of likely N-dealkylation sites (tertiary alicyclic amines) is 1. The van der Waals surface area contributed by atoms with E-state index in [1.807, 2.05) is 14.0 Å². The maximum Gasteiger partial charge on any atom is 0.363 e. The second-order valence-corrected chi connectivity index (χ2v) is 11.8. The molecule has 3 N–H and O–H groups in total. The van der Waals surface area contributed by atoms with Crippen LogP contribution in [0.2, 0.25) is 0 Å². The Hall–Kier alpha value is -2.73. The summed E-state index contributed by atoms with van der Waals surface area (Å²) < 4.78 is 26.6. The highest BCUT2D eigenvalue weighted by atomic mass is 32.2. The third-order valence-electron chi connectivity index (χ3n) is 7.24. The number of likely N-dealkylation sites (N-methyl/N-ethyl adjacent to an activating group) is 1. The minimum absolute atomic E-state index is 0.00107. The number of hydrogen-bond donors (Lipinski definition) is 3. The number of nitrogens with one attached hydrogen (secondary N) is 2. The summed E-state index contributed by atoms with van der Waals surface area (Å²) in [5, 5.41) is 21.1. The first kappa shape index (κ1) is 29.3. The minimum Gasteiger partial charge on any atom is -0.759 e. The molecular formula is C23H28N5O9S2-. The number of nitrogens with zero attached hydrogens (tertiary/aromatic N) is 3. The van der Waals surface area contributed by atoms with Gasteiger partial charge in [0, 0.05) is 58.6 Å². The molecular weight excluding hydrogens is 554 g/mol. The monoisotopic (exact) mass is 582 g/mol. The molecule has 1 amide bonds. The fraction of sp³-hybridized carbons (Fsp3) is 0.522. The molecule has 0 bridgehead atoms. The largest absolute Gasteiger partial charge is 0.759 e. The highest BCUT2D eigenvalue weighted by Crippen LogP contribution is 2.52. The van der Waals surface area contributed by atoms with E-state index in [0.29, 0.717) is 24.4 Å². The molecule has 3 aliphatic rings. The molecule has 14 nitrogen and oxygen atoms in total. The summed E-state index contributed by atoms with van der Waals surface area (Å²) in [5.74, 6) is -3.48. The number of nitro benzene ring substituents is 1. The Morgan fingerprint density at radius 3 is 2.56 bits per heavy atom. The lowest BCUT2D eigenvalue weighted by Gasteiger charge is -2.46. The lowest BCUT2D eigenvalue weighted by molar-refractivity contribution is -0.384. The van der Waals surface area contributed by atoms with E-state index >= 15 is 0 Å². The Kier molecular flexibility index (Phi) is 8.85. The average Bonchev–Trinajstić information content (AvgIpc) is 3.33. The Bertz CT molecular complexity index is 1220. The van der Waals surface area contributed by atoms with Crippen molar-refractivity contribution in [2.45, 2.75) is 43.7 Å². The van der Waals surface area contributed by atoms with Crippen molar-refractivity contribution < 1.29 is 37.9 Å². The summed E-state index contributed by atoms with van der Waals surface area (Å²) in [4.78, 5) is 55.2. The Morgan fingerprint density at radius 1 is 1.31 bits per heavy atom. The quantitative estimate of drug-likeness (QED) is 0.0838. The number of amides is 1. The van der Waals surface area contributed by atoms with Crippen LogP contribution in [-0.4, -0.2) is 90.0 Å². The van der Waals surface area contributed by atoms with Gasteiger partial charge in [0.25, 0.3) is 5.69 Å². The molecule has 0 saturated carbocycles. The fourth-order valence-electron chi connectivity index (χ4n) is 5.33. The van der Waals surface area contributed by atoms with Crippen molar-refractivity contribution in [2.75, 3.05) is 20.1 Å². The van der Waals surface area contributed by atoms with Gasteiger partial charge in [0.15, 0.2) is 0 Å². The molecule has 39 heavy (non-hydrogen) atoms. The van der Waals surface area contributed by atoms with Gasteiger partial charge in [0.05, 0.1) is 28.6 Å². The van der Waals surface area contributed by atoms with Gasteiger partial charge in [0.1, 0.15) is 5.70 Å². The average molecular weight is 583 g/mol. The molecule has 3 heterocycles. The number of β-lactam (4-membered cyclic amide) rings is 1. The molecule has 2 unspecified atom stereocenters. The number of rotatable bonds is 10. The fourth-order valence-corrected chi connectivity index (χ4v) is 7.17. The molecule has 2 saturated heterocycles. The van der Waals surface area contributed by atoms with Crippen molar-refractivity contribution in [1.82, 2.24) is 20.1 Å². The van der Waals surface area contributed by atoms with E-state index in [1.165, 1.54) is 35.7 Å². The molecule has 16 heteroatoms.